The second kappa shape index (κ2) is 7.41. The quantitative estimate of drug-likeness (QED) is 0.799. The highest BCUT2D eigenvalue weighted by molar-refractivity contribution is 7.92. The molecule has 3 rings (SSSR count). The SMILES string of the molecule is CC(C)(C)c1nc2cc(NC(=O)C3(S(C)(=O)=O)CCNCC3)ccc2o1.Cl. The third-order valence-corrected chi connectivity index (χ3v) is 6.84. The summed E-state index contributed by atoms with van der Waals surface area (Å²) < 4.78 is 29.1. The minimum absolute atomic E-state index is 0. The summed E-state index contributed by atoms with van der Waals surface area (Å²) in [6, 6.07) is 5.15. The Labute approximate surface area is 165 Å². The maximum atomic E-state index is 12.9. The number of fused-ring (bicyclic) bond motifs is 1. The summed E-state index contributed by atoms with van der Waals surface area (Å²) in [6.45, 7) is 7.02. The number of nitrogens with one attached hydrogen (secondary N) is 2. The van der Waals surface area contributed by atoms with E-state index >= 15 is 0 Å². The van der Waals surface area contributed by atoms with E-state index in [9.17, 15) is 13.2 Å². The summed E-state index contributed by atoms with van der Waals surface area (Å²) in [6.07, 6.45) is 1.66. The van der Waals surface area contributed by atoms with Crippen LogP contribution in [-0.4, -0.2) is 43.4 Å². The van der Waals surface area contributed by atoms with Gasteiger partial charge in [0.25, 0.3) is 0 Å². The lowest BCUT2D eigenvalue weighted by atomic mass is 9.95. The van der Waals surface area contributed by atoms with E-state index in [2.05, 4.69) is 15.6 Å². The van der Waals surface area contributed by atoms with Gasteiger partial charge in [0.05, 0.1) is 0 Å². The van der Waals surface area contributed by atoms with Crippen LogP contribution in [0.4, 0.5) is 5.69 Å². The highest BCUT2D eigenvalue weighted by Crippen LogP contribution is 2.31. The number of amides is 1. The predicted octanol–water partition coefficient (Wildman–Crippen LogP) is 2.65. The van der Waals surface area contributed by atoms with Crippen LogP contribution in [0.15, 0.2) is 22.6 Å². The zero-order valence-corrected chi connectivity index (χ0v) is 17.6. The van der Waals surface area contributed by atoms with Gasteiger partial charge < -0.3 is 15.1 Å². The molecule has 2 N–H and O–H groups in total. The molecule has 1 aliphatic heterocycles. The number of hydrogen-bond donors (Lipinski definition) is 2. The molecule has 1 aliphatic rings. The van der Waals surface area contributed by atoms with Gasteiger partial charge in [-0.25, -0.2) is 13.4 Å². The van der Waals surface area contributed by atoms with Gasteiger partial charge in [-0.2, -0.15) is 0 Å². The molecule has 0 spiro atoms. The van der Waals surface area contributed by atoms with Gasteiger partial charge in [0.1, 0.15) is 5.52 Å². The van der Waals surface area contributed by atoms with Gasteiger partial charge in [0, 0.05) is 17.4 Å². The van der Waals surface area contributed by atoms with Crippen LogP contribution in [-0.2, 0) is 20.0 Å². The maximum absolute atomic E-state index is 12.9. The molecule has 0 aliphatic carbocycles. The molecule has 0 unspecified atom stereocenters. The Hall–Kier alpha value is -1.64. The van der Waals surface area contributed by atoms with Crippen LogP contribution < -0.4 is 10.6 Å². The fraction of sp³-hybridized carbons (Fsp3) is 0.556. The third kappa shape index (κ3) is 4.12. The number of rotatable bonds is 3. The van der Waals surface area contributed by atoms with Crippen molar-refractivity contribution in [3.05, 3.63) is 24.1 Å². The van der Waals surface area contributed by atoms with Gasteiger partial charge in [-0.15, -0.1) is 12.4 Å². The molecule has 1 fully saturated rings. The smallest absolute Gasteiger partial charge is 0.245 e. The molecular weight excluding hydrogens is 390 g/mol. The number of sulfone groups is 1. The van der Waals surface area contributed by atoms with Crippen LogP contribution in [0, 0.1) is 0 Å². The largest absolute Gasteiger partial charge is 0.440 e. The molecule has 0 radical (unpaired) electrons. The van der Waals surface area contributed by atoms with Gasteiger partial charge >= 0.3 is 0 Å². The zero-order valence-electron chi connectivity index (χ0n) is 16.0. The van der Waals surface area contributed by atoms with E-state index in [1.807, 2.05) is 20.8 Å². The lowest BCUT2D eigenvalue weighted by Crippen LogP contribution is -2.55. The number of halogens is 1. The van der Waals surface area contributed by atoms with Crippen LogP contribution in [0.25, 0.3) is 11.1 Å². The highest BCUT2D eigenvalue weighted by atomic mass is 35.5. The highest BCUT2D eigenvalue weighted by Gasteiger charge is 2.48. The standard InChI is InChI=1S/C18H25N3O4S.ClH/c1-17(2,3)16-21-13-11-12(5-6-14(13)25-16)20-15(22)18(26(4,23)24)7-9-19-10-8-18;/h5-6,11,19H,7-10H2,1-4H3,(H,20,22);1H. The van der Waals surface area contributed by atoms with Crippen molar-refractivity contribution >= 4 is 44.9 Å². The molecule has 0 bridgehead atoms. The fourth-order valence-corrected chi connectivity index (χ4v) is 4.50. The molecule has 0 saturated carbocycles. The monoisotopic (exact) mass is 415 g/mol. The first kappa shape index (κ1) is 21.7. The van der Waals surface area contributed by atoms with Gasteiger partial charge in [0.2, 0.25) is 11.8 Å². The molecule has 1 amide bonds. The average Bonchev–Trinajstić information content (AvgIpc) is 2.98. The van der Waals surface area contributed by atoms with Crippen molar-refractivity contribution in [2.45, 2.75) is 43.8 Å². The summed E-state index contributed by atoms with van der Waals surface area (Å²) in [5.74, 6) is 0.127. The van der Waals surface area contributed by atoms with Crippen molar-refractivity contribution in [2.75, 3.05) is 24.7 Å². The van der Waals surface area contributed by atoms with E-state index in [0.717, 1.165) is 6.26 Å². The number of anilines is 1. The first-order chi connectivity index (χ1) is 12.0. The zero-order chi connectivity index (χ0) is 19.2. The van der Waals surface area contributed by atoms with E-state index < -0.39 is 20.5 Å². The van der Waals surface area contributed by atoms with E-state index in [-0.39, 0.29) is 30.7 Å². The van der Waals surface area contributed by atoms with Crippen LogP contribution in [0.5, 0.6) is 0 Å². The van der Waals surface area contributed by atoms with E-state index in [1.165, 1.54) is 0 Å². The molecule has 0 atom stereocenters. The van der Waals surface area contributed by atoms with Gasteiger partial charge in [-0.1, -0.05) is 20.8 Å². The number of oxazole rings is 1. The average molecular weight is 416 g/mol. The lowest BCUT2D eigenvalue weighted by molar-refractivity contribution is -0.119. The van der Waals surface area contributed by atoms with Gasteiger partial charge in [-0.3, -0.25) is 4.79 Å². The molecule has 1 aromatic carbocycles. The summed E-state index contributed by atoms with van der Waals surface area (Å²) in [7, 11) is -3.55. The maximum Gasteiger partial charge on any atom is 0.245 e. The van der Waals surface area contributed by atoms with E-state index in [0.29, 0.717) is 35.8 Å². The Morgan fingerprint density at radius 2 is 1.89 bits per heavy atom. The van der Waals surface area contributed by atoms with Crippen molar-refractivity contribution < 1.29 is 17.6 Å². The van der Waals surface area contributed by atoms with Crippen molar-refractivity contribution in [3.8, 4) is 0 Å². The van der Waals surface area contributed by atoms with Crippen molar-refractivity contribution in [2.24, 2.45) is 0 Å². The lowest BCUT2D eigenvalue weighted by Gasteiger charge is -2.34. The normalized spacial score (nSPS) is 17.3. The third-order valence-electron chi connectivity index (χ3n) is 4.82. The number of aromatic nitrogens is 1. The molecule has 2 heterocycles. The molecule has 7 nitrogen and oxygen atoms in total. The topological polar surface area (TPSA) is 101 Å². The van der Waals surface area contributed by atoms with Gasteiger partial charge in [-0.05, 0) is 44.1 Å². The second-order valence-electron chi connectivity index (χ2n) is 7.92. The summed E-state index contributed by atoms with van der Waals surface area (Å²) >= 11 is 0. The number of benzene rings is 1. The Bertz CT molecular complexity index is 941. The molecule has 2 aromatic rings. The number of carbonyl (C=O) groups is 1. The molecule has 27 heavy (non-hydrogen) atoms. The Morgan fingerprint density at radius 3 is 2.44 bits per heavy atom. The minimum atomic E-state index is -3.55. The van der Waals surface area contributed by atoms with Crippen molar-refractivity contribution in [1.29, 1.82) is 0 Å². The number of carbonyl (C=O) groups excluding carboxylic acids is 1. The number of piperidine rings is 1. The van der Waals surface area contributed by atoms with Crippen molar-refractivity contribution in [1.82, 2.24) is 10.3 Å². The summed E-state index contributed by atoms with van der Waals surface area (Å²) in [5, 5.41) is 5.88. The minimum Gasteiger partial charge on any atom is -0.440 e. The Morgan fingerprint density at radius 1 is 1.26 bits per heavy atom. The second-order valence-corrected chi connectivity index (χ2v) is 10.2. The molecule has 150 valence electrons. The van der Waals surface area contributed by atoms with Gasteiger partial charge in [0.15, 0.2) is 20.2 Å². The fourth-order valence-electron chi connectivity index (χ4n) is 3.17. The molecule has 1 saturated heterocycles. The number of hydrogen-bond acceptors (Lipinski definition) is 6. The first-order valence-electron chi connectivity index (χ1n) is 8.66. The van der Waals surface area contributed by atoms with Crippen LogP contribution in [0.3, 0.4) is 0 Å². The molecular formula is C18H26ClN3O4S. The molecule has 1 aromatic heterocycles. The predicted molar refractivity (Wildman–Crippen MR) is 108 cm³/mol. The summed E-state index contributed by atoms with van der Waals surface area (Å²) in [5.41, 5.74) is 1.55. The van der Waals surface area contributed by atoms with E-state index in [1.54, 1.807) is 18.2 Å². The van der Waals surface area contributed by atoms with Crippen LogP contribution in [0.1, 0.15) is 39.5 Å². The Kier molecular flexibility index (Phi) is 5.94. The summed E-state index contributed by atoms with van der Waals surface area (Å²) in [4.78, 5) is 17.4. The van der Waals surface area contributed by atoms with E-state index in [4.69, 9.17) is 4.42 Å². The van der Waals surface area contributed by atoms with Crippen LogP contribution >= 0.6 is 12.4 Å². The van der Waals surface area contributed by atoms with Crippen molar-refractivity contribution in [3.63, 3.8) is 0 Å². The number of nitrogens with zero attached hydrogens (tertiary/aromatic N) is 1. The van der Waals surface area contributed by atoms with Crippen LogP contribution in [0.2, 0.25) is 0 Å². The molecule has 9 heteroatoms. The Balaban J connectivity index is 0.00000261. The first-order valence-corrected chi connectivity index (χ1v) is 10.5.